The Hall–Kier alpha value is -2.82. The summed E-state index contributed by atoms with van der Waals surface area (Å²) in [6.45, 7) is 4.95. The quantitative estimate of drug-likeness (QED) is 0.329. The predicted octanol–water partition coefficient (Wildman–Crippen LogP) is 3.30. The van der Waals surface area contributed by atoms with Gasteiger partial charge in [0.2, 0.25) is 5.95 Å². The van der Waals surface area contributed by atoms with Gasteiger partial charge in [-0.05, 0) is 42.5 Å². The summed E-state index contributed by atoms with van der Waals surface area (Å²) in [4.78, 5) is 20.0. The summed E-state index contributed by atoms with van der Waals surface area (Å²) in [6.07, 6.45) is 3.42. The Morgan fingerprint density at radius 2 is 1.84 bits per heavy atom. The lowest BCUT2D eigenvalue weighted by molar-refractivity contribution is 0.122. The maximum Gasteiger partial charge on any atom is 0.232 e. The molecule has 1 fully saturated rings. The summed E-state index contributed by atoms with van der Waals surface area (Å²) < 4.78 is 5.47. The molecule has 0 aliphatic carbocycles. The van der Waals surface area contributed by atoms with Crippen molar-refractivity contribution in [1.82, 2.24) is 25.3 Å². The zero-order valence-corrected chi connectivity index (χ0v) is 18.7. The topological polar surface area (TPSA) is 88.1 Å². The van der Waals surface area contributed by atoms with Crippen LogP contribution in [0.5, 0.6) is 0 Å². The van der Waals surface area contributed by atoms with E-state index in [-0.39, 0.29) is 6.04 Å². The lowest BCUT2D eigenvalue weighted by atomic mass is 10.1. The van der Waals surface area contributed by atoms with Gasteiger partial charge in [-0.2, -0.15) is 4.98 Å². The number of ether oxygens (including phenoxy) is 1. The average molecular weight is 454 g/mol. The van der Waals surface area contributed by atoms with Gasteiger partial charge in [-0.25, -0.2) is 15.0 Å². The Balaban J connectivity index is 1.52. The van der Waals surface area contributed by atoms with Crippen LogP contribution >= 0.6 is 24.0 Å². The molecular weight excluding hydrogens is 430 g/mol. The van der Waals surface area contributed by atoms with Gasteiger partial charge in [0.05, 0.1) is 19.3 Å². The van der Waals surface area contributed by atoms with Crippen molar-refractivity contribution in [3.63, 3.8) is 0 Å². The van der Waals surface area contributed by atoms with Gasteiger partial charge >= 0.3 is 0 Å². The fourth-order valence-electron chi connectivity index (χ4n) is 3.07. The number of hydrogen-bond donors (Lipinski definition) is 2. The van der Waals surface area contributed by atoms with Gasteiger partial charge in [0.1, 0.15) is 10.8 Å². The fourth-order valence-corrected chi connectivity index (χ4v) is 4.05. The van der Waals surface area contributed by atoms with Crippen LogP contribution in [0.1, 0.15) is 18.5 Å². The summed E-state index contributed by atoms with van der Waals surface area (Å²) in [6, 6.07) is 13.9. The van der Waals surface area contributed by atoms with Crippen LogP contribution in [0.25, 0.3) is 0 Å². The molecule has 0 saturated carbocycles. The molecule has 2 aromatic heterocycles. The van der Waals surface area contributed by atoms with Crippen LogP contribution in [0.2, 0.25) is 0 Å². The molecule has 0 unspecified atom stereocenters. The molecule has 0 spiro atoms. The third kappa shape index (κ3) is 6.09. The largest absolute Gasteiger partial charge is 0.378 e. The molecule has 0 amide bonds. The first-order valence-corrected chi connectivity index (χ1v) is 11.2. The number of morpholine rings is 1. The summed E-state index contributed by atoms with van der Waals surface area (Å²) >= 11 is 6.90. The molecule has 31 heavy (non-hydrogen) atoms. The highest BCUT2D eigenvalue weighted by Gasteiger charge is 2.17. The van der Waals surface area contributed by atoms with Crippen molar-refractivity contribution < 1.29 is 4.74 Å². The van der Waals surface area contributed by atoms with Crippen LogP contribution in [0.3, 0.4) is 0 Å². The van der Waals surface area contributed by atoms with Crippen LogP contribution in [0.4, 0.5) is 11.8 Å². The first-order chi connectivity index (χ1) is 15.2. The van der Waals surface area contributed by atoms with Gasteiger partial charge in [-0.15, -0.1) is 0 Å². The zero-order chi connectivity index (χ0) is 21.5. The van der Waals surface area contributed by atoms with E-state index in [1.165, 1.54) is 11.8 Å². The molecule has 8 nitrogen and oxygen atoms in total. The number of thiocarbonyl (C=S) groups is 1. The second-order valence-corrected chi connectivity index (χ2v) is 8.25. The van der Waals surface area contributed by atoms with E-state index in [2.05, 4.69) is 54.5 Å². The molecule has 10 heteroatoms. The van der Waals surface area contributed by atoms with Crippen molar-refractivity contribution in [3.05, 3.63) is 60.4 Å². The lowest BCUT2D eigenvalue weighted by Gasteiger charge is -2.28. The number of anilines is 2. The Morgan fingerprint density at radius 3 is 2.58 bits per heavy atom. The predicted molar refractivity (Wildman–Crippen MR) is 125 cm³/mol. The number of nitrogens with one attached hydrogen (secondary N) is 2. The number of hydrogen-bond acceptors (Lipinski definition) is 8. The maximum atomic E-state index is 5.52. The SMILES string of the molecule is C[C@@H](NC(=S)Nc1nc(Sc2ncccn2)cc(N2CCOCC2)n1)c1ccccc1. The number of nitrogens with zero attached hydrogens (tertiary/aromatic N) is 5. The molecule has 2 N–H and O–H groups in total. The van der Waals surface area contributed by atoms with E-state index in [1.807, 2.05) is 24.3 Å². The summed E-state index contributed by atoms with van der Waals surface area (Å²) in [5, 5.41) is 8.25. The van der Waals surface area contributed by atoms with Crippen molar-refractivity contribution in [2.45, 2.75) is 23.1 Å². The van der Waals surface area contributed by atoms with Crippen molar-refractivity contribution in [1.29, 1.82) is 0 Å². The van der Waals surface area contributed by atoms with Gasteiger partial charge in [-0.3, -0.25) is 0 Å². The molecule has 1 aromatic carbocycles. The van der Waals surface area contributed by atoms with Gasteiger partial charge in [-0.1, -0.05) is 30.3 Å². The minimum Gasteiger partial charge on any atom is -0.378 e. The second-order valence-electron chi connectivity index (χ2n) is 6.85. The van der Waals surface area contributed by atoms with Gasteiger partial charge in [0.15, 0.2) is 10.3 Å². The number of benzene rings is 1. The maximum absolute atomic E-state index is 5.52. The third-order valence-electron chi connectivity index (χ3n) is 4.63. The highest BCUT2D eigenvalue weighted by molar-refractivity contribution is 7.99. The van der Waals surface area contributed by atoms with Crippen LogP contribution in [-0.4, -0.2) is 51.4 Å². The Morgan fingerprint density at radius 1 is 1.10 bits per heavy atom. The van der Waals surface area contributed by atoms with E-state index in [0.29, 0.717) is 29.4 Å². The zero-order valence-electron chi connectivity index (χ0n) is 17.1. The molecule has 3 heterocycles. The van der Waals surface area contributed by atoms with E-state index in [4.69, 9.17) is 17.0 Å². The molecule has 1 atom stereocenters. The highest BCUT2D eigenvalue weighted by Crippen LogP contribution is 2.27. The van der Waals surface area contributed by atoms with Gasteiger partial charge in [0.25, 0.3) is 0 Å². The van der Waals surface area contributed by atoms with Crippen molar-refractivity contribution in [2.24, 2.45) is 0 Å². The third-order valence-corrected chi connectivity index (χ3v) is 5.67. The Bertz CT molecular complexity index is 1000. The molecule has 4 rings (SSSR count). The molecular formula is C21H23N7OS2. The summed E-state index contributed by atoms with van der Waals surface area (Å²) in [5.74, 6) is 1.25. The average Bonchev–Trinajstić information content (AvgIpc) is 2.80. The lowest BCUT2D eigenvalue weighted by Crippen LogP contribution is -2.37. The van der Waals surface area contributed by atoms with E-state index < -0.39 is 0 Å². The van der Waals surface area contributed by atoms with Crippen molar-refractivity contribution in [3.8, 4) is 0 Å². The number of rotatable bonds is 6. The highest BCUT2D eigenvalue weighted by atomic mass is 32.2. The smallest absolute Gasteiger partial charge is 0.232 e. The molecule has 1 aliphatic heterocycles. The van der Waals surface area contributed by atoms with Crippen LogP contribution in [0.15, 0.2) is 65.0 Å². The number of aromatic nitrogens is 4. The van der Waals surface area contributed by atoms with Gasteiger partial charge < -0.3 is 20.3 Å². The molecule has 3 aromatic rings. The van der Waals surface area contributed by atoms with Crippen molar-refractivity contribution in [2.75, 3.05) is 36.5 Å². The summed E-state index contributed by atoms with van der Waals surface area (Å²) in [5.41, 5.74) is 1.15. The first kappa shape index (κ1) is 21.4. The molecule has 1 saturated heterocycles. The Kier molecular flexibility index (Phi) is 7.23. The van der Waals surface area contributed by atoms with Gasteiger partial charge in [0, 0.05) is 31.5 Å². The first-order valence-electron chi connectivity index (χ1n) is 9.96. The van der Waals surface area contributed by atoms with E-state index in [9.17, 15) is 0 Å². The monoisotopic (exact) mass is 453 g/mol. The minimum atomic E-state index is 0.0511. The standard InChI is InChI=1S/C21H23N7OS2/c1-15(16-6-3-2-4-7-16)24-20(30)27-19-25-17(28-10-12-29-13-11-28)14-18(26-19)31-21-22-8-5-9-23-21/h2-9,14-15H,10-13H2,1H3,(H2,24,25,26,27,30)/t15-/m1/s1. The second kappa shape index (κ2) is 10.5. The Labute approximate surface area is 190 Å². The van der Waals surface area contributed by atoms with Crippen LogP contribution < -0.4 is 15.5 Å². The normalized spacial score (nSPS) is 14.7. The molecule has 160 valence electrons. The fraction of sp³-hybridized carbons (Fsp3) is 0.286. The van der Waals surface area contributed by atoms with Crippen LogP contribution in [0, 0.1) is 0 Å². The van der Waals surface area contributed by atoms with E-state index in [0.717, 1.165) is 29.5 Å². The van der Waals surface area contributed by atoms with Crippen LogP contribution in [-0.2, 0) is 4.74 Å². The molecule has 1 aliphatic rings. The molecule has 0 radical (unpaired) electrons. The minimum absolute atomic E-state index is 0.0511. The molecule has 0 bridgehead atoms. The van der Waals surface area contributed by atoms with E-state index in [1.54, 1.807) is 18.5 Å². The summed E-state index contributed by atoms with van der Waals surface area (Å²) in [7, 11) is 0. The van der Waals surface area contributed by atoms with Crippen molar-refractivity contribution >= 4 is 40.9 Å². The van der Waals surface area contributed by atoms with E-state index >= 15 is 0 Å².